The van der Waals surface area contributed by atoms with Crippen LogP contribution in [0.3, 0.4) is 0 Å². The van der Waals surface area contributed by atoms with Crippen LogP contribution >= 0.6 is 0 Å². The van der Waals surface area contributed by atoms with Crippen LogP contribution in [0.4, 0.5) is 5.82 Å². The van der Waals surface area contributed by atoms with Gasteiger partial charge in [-0.2, -0.15) is 0 Å². The van der Waals surface area contributed by atoms with Gasteiger partial charge in [0, 0.05) is 13.1 Å². The number of carbonyl (C=O) groups excluding carboxylic acids is 1. The maximum Gasteiger partial charge on any atom is 0.239 e. The summed E-state index contributed by atoms with van der Waals surface area (Å²) in [5.41, 5.74) is 18.3. The lowest BCUT2D eigenvalue weighted by Crippen LogP contribution is -2.43. The molecule has 10 nitrogen and oxygen atoms in total. The Labute approximate surface area is 145 Å². The molecule has 0 aromatic carbocycles. The van der Waals surface area contributed by atoms with Gasteiger partial charge in [-0.05, 0) is 19.4 Å². The number of hydrogen-bond donors (Lipinski definition) is 4. The molecular weight excluding hydrogens is 324 g/mol. The molecule has 0 unspecified atom stereocenters. The largest absolute Gasteiger partial charge is 0.389 e. The lowest BCUT2D eigenvalue weighted by atomic mass is 10.1. The van der Waals surface area contributed by atoms with E-state index in [0.29, 0.717) is 30.7 Å². The highest BCUT2D eigenvalue weighted by Crippen LogP contribution is 2.27. The normalized spacial score (nSPS) is 21.8. The summed E-state index contributed by atoms with van der Waals surface area (Å²) in [7, 11) is 0. The minimum absolute atomic E-state index is 0.155. The van der Waals surface area contributed by atoms with E-state index in [4.69, 9.17) is 17.2 Å². The SMILES string of the molecule is NCCCC[C@H](N)C(=O)N1C[C@@H](O)[C@H](n2cnc3c(N)ncnc32)C1. The van der Waals surface area contributed by atoms with E-state index in [1.807, 2.05) is 0 Å². The number of aromatic nitrogens is 4. The zero-order chi connectivity index (χ0) is 18.0. The average molecular weight is 348 g/mol. The predicted octanol–water partition coefficient (Wildman–Crippen LogP) is -1.39. The third kappa shape index (κ3) is 3.41. The van der Waals surface area contributed by atoms with Crippen molar-refractivity contribution in [3.05, 3.63) is 12.7 Å². The minimum atomic E-state index is -0.728. The summed E-state index contributed by atoms with van der Waals surface area (Å²) in [6.45, 7) is 1.17. The van der Waals surface area contributed by atoms with Crippen LogP contribution in [0.5, 0.6) is 0 Å². The highest BCUT2D eigenvalue weighted by Gasteiger charge is 2.37. The Balaban J connectivity index is 1.72. The number of aliphatic hydroxyl groups is 1. The zero-order valence-corrected chi connectivity index (χ0v) is 14.0. The number of rotatable bonds is 6. The van der Waals surface area contributed by atoms with Gasteiger partial charge in [-0.3, -0.25) is 4.79 Å². The standard InChI is InChI=1S/C15H24N8O2/c16-4-2-1-3-9(17)15(25)22-5-10(11(24)6-22)23-8-21-12-13(18)19-7-20-14(12)23/h7-11,24H,1-6,16-17H2,(H2,18,19,20)/t9-,10+,11+/m0/s1. The number of amides is 1. The molecule has 0 aliphatic carbocycles. The quantitative estimate of drug-likeness (QED) is 0.464. The van der Waals surface area contributed by atoms with E-state index < -0.39 is 12.1 Å². The van der Waals surface area contributed by atoms with Crippen LogP contribution in [0.15, 0.2) is 12.7 Å². The molecule has 7 N–H and O–H groups in total. The topological polar surface area (TPSA) is 162 Å². The maximum absolute atomic E-state index is 12.5. The Hall–Kier alpha value is -2.30. The summed E-state index contributed by atoms with van der Waals surface area (Å²) >= 11 is 0. The van der Waals surface area contributed by atoms with Crippen LogP contribution in [0.2, 0.25) is 0 Å². The predicted molar refractivity (Wildman–Crippen MR) is 92.2 cm³/mol. The molecule has 136 valence electrons. The molecule has 3 atom stereocenters. The highest BCUT2D eigenvalue weighted by molar-refractivity contribution is 5.83. The number of anilines is 1. The number of hydrogen-bond acceptors (Lipinski definition) is 8. The van der Waals surface area contributed by atoms with E-state index >= 15 is 0 Å². The molecule has 0 bridgehead atoms. The van der Waals surface area contributed by atoms with Crippen LogP contribution in [0.1, 0.15) is 25.3 Å². The van der Waals surface area contributed by atoms with Crippen LogP contribution < -0.4 is 17.2 Å². The third-order valence-corrected chi connectivity index (χ3v) is 4.60. The molecule has 2 aromatic heterocycles. The van der Waals surface area contributed by atoms with Crippen molar-refractivity contribution < 1.29 is 9.90 Å². The van der Waals surface area contributed by atoms with Gasteiger partial charge >= 0.3 is 0 Å². The molecule has 25 heavy (non-hydrogen) atoms. The molecule has 1 saturated heterocycles. The zero-order valence-electron chi connectivity index (χ0n) is 14.0. The molecule has 10 heteroatoms. The monoisotopic (exact) mass is 348 g/mol. The maximum atomic E-state index is 12.5. The van der Waals surface area contributed by atoms with E-state index in [-0.39, 0.29) is 24.3 Å². The van der Waals surface area contributed by atoms with E-state index in [9.17, 15) is 9.90 Å². The number of imidazole rings is 1. The second-order valence-electron chi connectivity index (χ2n) is 6.35. The van der Waals surface area contributed by atoms with E-state index in [1.165, 1.54) is 6.33 Å². The van der Waals surface area contributed by atoms with Crippen molar-refractivity contribution in [2.75, 3.05) is 25.4 Å². The number of unbranched alkanes of at least 4 members (excludes halogenated alkanes) is 1. The highest BCUT2D eigenvalue weighted by atomic mass is 16.3. The van der Waals surface area contributed by atoms with Crippen molar-refractivity contribution >= 4 is 22.9 Å². The van der Waals surface area contributed by atoms with Crippen molar-refractivity contribution in [3.63, 3.8) is 0 Å². The molecule has 1 fully saturated rings. The number of β-amino-alcohol motifs (C(OH)–C–C–N with tert-alkyl or cyclic N) is 1. The first-order valence-electron chi connectivity index (χ1n) is 8.38. The fourth-order valence-corrected chi connectivity index (χ4v) is 3.20. The molecule has 1 aliphatic rings. The number of nitrogen functional groups attached to an aromatic ring is 1. The van der Waals surface area contributed by atoms with Crippen LogP contribution in [-0.4, -0.2) is 67.2 Å². The van der Waals surface area contributed by atoms with Crippen LogP contribution in [-0.2, 0) is 4.79 Å². The minimum Gasteiger partial charge on any atom is -0.389 e. The smallest absolute Gasteiger partial charge is 0.239 e. The molecular formula is C15H24N8O2. The molecule has 0 saturated carbocycles. The van der Waals surface area contributed by atoms with Crippen molar-refractivity contribution in [3.8, 4) is 0 Å². The molecule has 2 aromatic rings. The molecule has 1 aliphatic heterocycles. The summed E-state index contributed by atoms with van der Waals surface area (Å²) in [6, 6.07) is -0.922. The summed E-state index contributed by atoms with van der Waals surface area (Å²) in [6.07, 6.45) is 4.44. The average Bonchev–Trinajstić information content (AvgIpc) is 3.18. The fraction of sp³-hybridized carbons (Fsp3) is 0.600. The molecule has 3 heterocycles. The molecule has 0 spiro atoms. The second-order valence-corrected chi connectivity index (χ2v) is 6.35. The number of fused-ring (bicyclic) bond motifs is 1. The van der Waals surface area contributed by atoms with Crippen LogP contribution in [0, 0.1) is 0 Å². The van der Waals surface area contributed by atoms with Crippen LogP contribution in [0.25, 0.3) is 11.2 Å². The number of nitrogens with zero attached hydrogens (tertiary/aromatic N) is 5. The fourth-order valence-electron chi connectivity index (χ4n) is 3.20. The van der Waals surface area contributed by atoms with Crippen molar-refractivity contribution in [2.24, 2.45) is 11.5 Å². The lowest BCUT2D eigenvalue weighted by molar-refractivity contribution is -0.132. The number of nitrogens with two attached hydrogens (primary N) is 3. The van der Waals surface area contributed by atoms with Gasteiger partial charge in [0.25, 0.3) is 0 Å². The molecule has 3 rings (SSSR count). The summed E-state index contributed by atoms with van der Waals surface area (Å²) in [5, 5.41) is 10.4. The van der Waals surface area contributed by atoms with Gasteiger partial charge in [-0.25, -0.2) is 15.0 Å². The third-order valence-electron chi connectivity index (χ3n) is 4.60. The lowest BCUT2D eigenvalue weighted by Gasteiger charge is -2.20. The Kier molecular flexibility index (Phi) is 5.11. The number of carbonyl (C=O) groups is 1. The number of aliphatic hydroxyl groups excluding tert-OH is 1. The Morgan fingerprint density at radius 3 is 2.88 bits per heavy atom. The van der Waals surface area contributed by atoms with Gasteiger partial charge < -0.3 is 31.8 Å². The first kappa shape index (κ1) is 17.5. The molecule has 0 radical (unpaired) electrons. The van der Waals surface area contributed by atoms with Gasteiger partial charge in [0.15, 0.2) is 11.5 Å². The first-order valence-corrected chi connectivity index (χ1v) is 8.38. The summed E-state index contributed by atoms with van der Waals surface area (Å²) in [5.74, 6) is 0.128. The van der Waals surface area contributed by atoms with E-state index in [0.717, 1.165) is 12.8 Å². The Morgan fingerprint density at radius 1 is 1.32 bits per heavy atom. The van der Waals surface area contributed by atoms with Gasteiger partial charge in [0.05, 0.1) is 24.5 Å². The second kappa shape index (κ2) is 7.30. The van der Waals surface area contributed by atoms with Crippen molar-refractivity contribution in [1.29, 1.82) is 0 Å². The van der Waals surface area contributed by atoms with Gasteiger partial charge in [-0.1, -0.05) is 6.42 Å². The van der Waals surface area contributed by atoms with Crippen molar-refractivity contribution in [1.82, 2.24) is 24.4 Å². The Morgan fingerprint density at radius 2 is 2.12 bits per heavy atom. The number of likely N-dealkylation sites (tertiary alicyclic amines) is 1. The Bertz CT molecular complexity index is 748. The van der Waals surface area contributed by atoms with Gasteiger partial charge in [0.1, 0.15) is 11.8 Å². The van der Waals surface area contributed by atoms with Crippen molar-refractivity contribution in [2.45, 2.75) is 37.5 Å². The summed E-state index contributed by atoms with van der Waals surface area (Å²) < 4.78 is 1.74. The van der Waals surface area contributed by atoms with Gasteiger partial charge in [-0.15, -0.1) is 0 Å². The van der Waals surface area contributed by atoms with E-state index in [2.05, 4.69) is 15.0 Å². The molecule has 1 amide bonds. The summed E-state index contributed by atoms with van der Waals surface area (Å²) in [4.78, 5) is 26.4. The van der Waals surface area contributed by atoms with Gasteiger partial charge in [0.2, 0.25) is 5.91 Å². The first-order chi connectivity index (χ1) is 12.0. The van der Waals surface area contributed by atoms with E-state index in [1.54, 1.807) is 15.8 Å².